The highest BCUT2D eigenvalue weighted by molar-refractivity contribution is 5.98. The molecule has 1 N–H and O–H groups in total. The zero-order valence-corrected chi connectivity index (χ0v) is 15.2. The lowest BCUT2D eigenvalue weighted by atomic mass is 10.1. The van der Waals surface area contributed by atoms with Gasteiger partial charge in [0.1, 0.15) is 6.54 Å². The maximum atomic E-state index is 12.9. The van der Waals surface area contributed by atoms with E-state index < -0.39 is 5.97 Å². The van der Waals surface area contributed by atoms with Crippen LogP contribution in [0.5, 0.6) is 0 Å². The molecule has 2 aromatic carbocycles. The van der Waals surface area contributed by atoms with Crippen molar-refractivity contribution in [2.45, 2.75) is 19.8 Å². The molecule has 0 bridgehead atoms. The second kappa shape index (κ2) is 8.03. The number of benzene rings is 2. The van der Waals surface area contributed by atoms with E-state index >= 15 is 0 Å². The van der Waals surface area contributed by atoms with E-state index in [2.05, 4.69) is 0 Å². The van der Waals surface area contributed by atoms with Crippen molar-refractivity contribution < 1.29 is 19.5 Å². The van der Waals surface area contributed by atoms with E-state index in [9.17, 15) is 19.5 Å². The van der Waals surface area contributed by atoms with Crippen LogP contribution >= 0.6 is 0 Å². The summed E-state index contributed by atoms with van der Waals surface area (Å²) in [5.74, 6) is -1.37. The Morgan fingerprint density at radius 2 is 1.85 bits per heavy atom. The van der Waals surface area contributed by atoms with E-state index in [4.69, 9.17) is 0 Å². The third kappa shape index (κ3) is 4.34. The van der Waals surface area contributed by atoms with Crippen molar-refractivity contribution in [2.75, 3.05) is 24.5 Å². The molecule has 0 atom stereocenters. The van der Waals surface area contributed by atoms with Crippen LogP contribution in [0, 0.1) is 0 Å². The summed E-state index contributed by atoms with van der Waals surface area (Å²) in [5, 5.41) is 9.19. The van der Waals surface area contributed by atoms with E-state index in [1.807, 2.05) is 30.3 Å². The van der Waals surface area contributed by atoms with Gasteiger partial charge in [-0.25, -0.2) is 0 Å². The predicted molar refractivity (Wildman–Crippen MR) is 102 cm³/mol. The number of fused-ring (bicyclic) bond motifs is 1. The lowest BCUT2D eigenvalue weighted by Crippen LogP contribution is -2.37. The van der Waals surface area contributed by atoms with Gasteiger partial charge in [-0.05, 0) is 42.2 Å². The van der Waals surface area contributed by atoms with Gasteiger partial charge in [-0.2, -0.15) is 0 Å². The van der Waals surface area contributed by atoms with Crippen molar-refractivity contribution >= 4 is 23.5 Å². The number of rotatable bonds is 6. The first-order valence-corrected chi connectivity index (χ1v) is 8.91. The Kier molecular flexibility index (Phi) is 5.54. The average Bonchev–Trinajstić information content (AvgIpc) is 3.08. The third-order valence-corrected chi connectivity index (χ3v) is 4.73. The molecule has 140 valence electrons. The van der Waals surface area contributed by atoms with Crippen LogP contribution in [-0.2, 0) is 22.4 Å². The monoisotopic (exact) mass is 366 g/mol. The van der Waals surface area contributed by atoms with E-state index in [1.165, 1.54) is 11.8 Å². The van der Waals surface area contributed by atoms with Crippen LogP contribution in [0.25, 0.3) is 0 Å². The topological polar surface area (TPSA) is 77.9 Å². The number of carbonyl (C=O) groups is 3. The number of amides is 2. The highest BCUT2D eigenvalue weighted by Crippen LogP contribution is 2.29. The van der Waals surface area contributed by atoms with E-state index in [0.29, 0.717) is 31.5 Å². The lowest BCUT2D eigenvalue weighted by molar-refractivity contribution is -0.137. The van der Waals surface area contributed by atoms with Gasteiger partial charge in [0, 0.05) is 31.3 Å². The summed E-state index contributed by atoms with van der Waals surface area (Å²) in [6.07, 6.45) is 1.28. The van der Waals surface area contributed by atoms with Crippen LogP contribution in [0.3, 0.4) is 0 Å². The SMILES string of the molecule is CC(=O)N1CCc2cc(C(=O)N(CCc3ccccc3)CC(=O)O)ccc21. The zero-order valence-electron chi connectivity index (χ0n) is 15.2. The Balaban J connectivity index is 1.77. The van der Waals surface area contributed by atoms with Crippen LogP contribution in [0.2, 0.25) is 0 Å². The summed E-state index contributed by atoms with van der Waals surface area (Å²) in [4.78, 5) is 38.8. The van der Waals surface area contributed by atoms with Gasteiger partial charge in [0.05, 0.1) is 0 Å². The molecule has 1 aliphatic rings. The van der Waals surface area contributed by atoms with Crippen molar-refractivity contribution in [2.24, 2.45) is 0 Å². The van der Waals surface area contributed by atoms with Crippen molar-refractivity contribution in [1.29, 1.82) is 0 Å². The maximum absolute atomic E-state index is 12.9. The molecule has 0 spiro atoms. The van der Waals surface area contributed by atoms with Gasteiger partial charge in [0.25, 0.3) is 5.91 Å². The number of anilines is 1. The summed E-state index contributed by atoms with van der Waals surface area (Å²) in [6.45, 7) is 2.11. The summed E-state index contributed by atoms with van der Waals surface area (Å²) in [6, 6.07) is 14.9. The van der Waals surface area contributed by atoms with Gasteiger partial charge in [-0.15, -0.1) is 0 Å². The van der Waals surface area contributed by atoms with E-state index in [-0.39, 0.29) is 18.4 Å². The minimum absolute atomic E-state index is 0.0248. The molecule has 1 aliphatic heterocycles. The van der Waals surface area contributed by atoms with Gasteiger partial charge in [0.2, 0.25) is 5.91 Å². The first-order chi connectivity index (χ1) is 13.0. The zero-order chi connectivity index (χ0) is 19.4. The Bertz CT molecular complexity index is 864. The average molecular weight is 366 g/mol. The standard InChI is InChI=1S/C21H22N2O4/c1-15(24)23-12-10-17-13-18(7-8-19(17)23)21(27)22(14-20(25)26)11-9-16-5-3-2-4-6-16/h2-8,13H,9-12,14H2,1H3,(H,25,26). The second-order valence-corrected chi connectivity index (χ2v) is 6.62. The molecule has 0 aromatic heterocycles. The highest BCUT2D eigenvalue weighted by atomic mass is 16.4. The maximum Gasteiger partial charge on any atom is 0.323 e. The Morgan fingerprint density at radius 1 is 1.11 bits per heavy atom. The molecule has 6 heteroatoms. The number of carbonyl (C=O) groups excluding carboxylic acids is 2. The fourth-order valence-corrected chi connectivity index (χ4v) is 3.37. The molecule has 1 heterocycles. The summed E-state index contributed by atoms with van der Waals surface area (Å²) >= 11 is 0. The largest absolute Gasteiger partial charge is 0.480 e. The number of nitrogens with zero attached hydrogens (tertiary/aromatic N) is 2. The third-order valence-electron chi connectivity index (χ3n) is 4.73. The van der Waals surface area contributed by atoms with Crippen LogP contribution in [0.4, 0.5) is 5.69 Å². The van der Waals surface area contributed by atoms with Crippen molar-refractivity contribution in [3.63, 3.8) is 0 Å². The molecule has 0 saturated carbocycles. The number of carboxylic acids is 1. The van der Waals surface area contributed by atoms with Crippen molar-refractivity contribution in [3.05, 3.63) is 65.2 Å². The van der Waals surface area contributed by atoms with Crippen molar-refractivity contribution in [3.8, 4) is 0 Å². The molecule has 0 aliphatic carbocycles. The molecule has 2 aromatic rings. The summed E-state index contributed by atoms with van der Waals surface area (Å²) in [5.41, 5.74) is 3.27. The minimum Gasteiger partial charge on any atom is -0.480 e. The fraction of sp³-hybridized carbons (Fsp3) is 0.286. The molecule has 3 rings (SSSR count). The number of carboxylic acid groups (broad SMARTS) is 1. The number of aliphatic carboxylic acids is 1. The normalized spacial score (nSPS) is 12.6. The van der Waals surface area contributed by atoms with Crippen LogP contribution in [0.1, 0.15) is 28.4 Å². The van der Waals surface area contributed by atoms with Gasteiger partial charge in [-0.3, -0.25) is 14.4 Å². The van der Waals surface area contributed by atoms with Crippen LogP contribution in [-0.4, -0.2) is 47.4 Å². The van der Waals surface area contributed by atoms with Crippen LogP contribution < -0.4 is 4.90 Å². The summed E-state index contributed by atoms with van der Waals surface area (Å²) < 4.78 is 0. The molecule has 6 nitrogen and oxygen atoms in total. The highest BCUT2D eigenvalue weighted by Gasteiger charge is 2.25. The Labute approximate surface area is 158 Å². The molecule has 0 unspecified atom stereocenters. The van der Waals surface area contributed by atoms with Gasteiger partial charge in [-0.1, -0.05) is 30.3 Å². The van der Waals surface area contributed by atoms with Crippen molar-refractivity contribution in [1.82, 2.24) is 4.90 Å². The summed E-state index contributed by atoms with van der Waals surface area (Å²) in [7, 11) is 0. The Morgan fingerprint density at radius 3 is 2.52 bits per heavy atom. The first-order valence-electron chi connectivity index (χ1n) is 8.91. The molecule has 27 heavy (non-hydrogen) atoms. The van der Waals surface area contributed by atoms with E-state index in [0.717, 1.165) is 16.8 Å². The van der Waals surface area contributed by atoms with Crippen LogP contribution in [0.15, 0.2) is 48.5 Å². The smallest absolute Gasteiger partial charge is 0.323 e. The van der Waals surface area contributed by atoms with E-state index in [1.54, 1.807) is 23.1 Å². The molecule has 2 amide bonds. The van der Waals surface area contributed by atoms with Gasteiger partial charge >= 0.3 is 5.97 Å². The Hall–Kier alpha value is -3.15. The quantitative estimate of drug-likeness (QED) is 0.851. The number of hydrogen-bond donors (Lipinski definition) is 1. The second-order valence-electron chi connectivity index (χ2n) is 6.62. The first kappa shape index (κ1) is 18.6. The molecular weight excluding hydrogens is 344 g/mol. The van der Waals surface area contributed by atoms with Gasteiger partial charge in [0.15, 0.2) is 0 Å². The molecular formula is C21H22N2O4. The molecule has 0 radical (unpaired) electrons. The lowest BCUT2D eigenvalue weighted by Gasteiger charge is -2.21. The number of hydrogen-bond acceptors (Lipinski definition) is 3. The molecule has 0 fully saturated rings. The molecule has 0 saturated heterocycles. The fourth-order valence-electron chi connectivity index (χ4n) is 3.37. The predicted octanol–water partition coefficient (Wildman–Crippen LogP) is 2.37. The minimum atomic E-state index is -1.04. The van der Waals surface area contributed by atoms with Gasteiger partial charge < -0.3 is 14.9 Å².